The fourth-order valence-corrected chi connectivity index (χ4v) is 3.87. The Bertz CT molecular complexity index is 1190. The summed E-state index contributed by atoms with van der Waals surface area (Å²) < 4.78 is 7.06. The van der Waals surface area contributed by atoms with Crippen LogP contribution in [0, 0.1) is 20.8 Å². The molecule has 0 saturated heterocycles. The molecule has 3 aromatic rings. The fraction of sp³-hybridized carbons (Fsp3) is 0.269. The van der Waals surface area contributed by atoms with Gasteiger partial charge in [-0.2, -0.15) is 5.10 Å². The predicted molar refractivity (Wildman–Crippen MR) is 135 cm³/mol. The van der Waals surface area contributed by atoms with Gasteiger partial charge in [-0.05, 0) is 57.0 Å². The van der Waals surface area contributed by atoms with Crippen molar-refractivity contribution in [2.75, 3.05) is 6.61 Å². The lowest BCUT2D eigenvalue weighted by molar-refractivity contribution is -0.121. The van der Waals surface area contributed by atoms with E-state index in [1.165, 1.54) is 0 Å². The molecule has 2 aromatic carbocycles. The van der Waals surface area contributed by atoms with Crippen molar-refractivity contribution >= 4 is 29.8 Å². The molecule has 0 radical (unpaired) electrons. The average Bonchev–Trinajstić information content (AvgIpc) is 3.09. The Morgan fingerprint density at radius 1 is 1.12 bits per heavy atom. The highest BCUT2D eigenvalue weighted by Crippen LogP contribution is 2.24. The van der Waals surface area contributed by atoms with E-state index in [0.29, 0.717) is 5.02 Å². The number of carbonyl (C=O) groups excluding carboxylic acids is 2. The van der Waals surface area contributed by atoms with Gasteiger partial charge in [0, 0.05) is 27.7 Å². The summed E-state index contributed by atoms with van der Waals surface area (Å²) in [4.78, 5) is 24.5. The number of alkyl carbamates (subject to hydrolysis) is 1. The molecule has 178 valence electrons. The zero-order valence-electron chi connectivity index (χ0n) is 19.8. The average molecular weight is 481 g/mol. The summed E-state index contributed by atoms with van der Waals surface area (Å²) in [5.41, 5.74) is 8.21. The molecule has 8 heteroatoms. The third-order valence-electron chi connectivity index (χ3n) is 5.44. The summed E-state index contributed by atoms with van der Waals surface area (Å²) in [7, 11) is 0. The molecule has 0 saturated carbocycles. The molecule has 0 unspecified atom stereocenters. The minimum Gasteiger partial charge on any atom is -0.450 e. The summed E-state index contributed by atoms with van der Waals surface area (Å²) in [6.45, 7) is 7.92. The lowest BCUT2D eigenvalue weighted by atomic mass is 10.0. The number of carbonyl (C=O) groups is 2. The molecule has 1 atom stereocenters. The number of hydrogen-bond donors (Lipinski definition) is 2. The molecular weight excluding hydrogens is 452 g/mol. The van der Waals surface area contributed by atoms with Gasteiger partial charge in [-0.15, -0.1) is 0 Å². The highest BCUT2D eigenvalue weighted by atomic mass is 35.5. The van der Waals surface area contributed by atoms with Gasteiger partial charge in [0.2, 0.25) is 5.91 Å². The fourth-order valence-electron chi connectivity index (χ4n) is 3.69. The topological polar surface area (TPSA) is 84.7 Å². The molecule has 34 heavy (non-hydrogen) atoms. The van der Waals surface area contributed by atoms with Crippen LogP contribution in [0.1, 0.15) is 47.5 Å². The third-order valence-corrected chi connectivity index (χ3v) is 5.84. The second-order valence-corrected chi connectivity index (χ2v) is 8.33. The number of amides is 2. The van der Waals surface area contributed by atoms with Gasteiger partial charge in [0.05, 0.1) is 25.3 Å². The van der Waals surface area contributed by atoms with Crippen LogP contribution in [-0.4, -0.2) is 29.4 Å². The normalized spacial score (nSPS) is 11.9. The van der Waals surface area contributed by atoms with Crippen LogP contribution in [0.25, 0.3) is 5.69 Å². The summed E-state index contributed by atoms with van der Waals surface area (Å²) >= 11 is 6.31. The van der Waals surface area contributed by atoms with E-state index in [2.05, 4.69) is 20.4 Å². The maximum atomic E-state index is 12.6. The van der Waals surface area contributed by atoms with Crippen molar-refractivity contribution in [1.82, 2.24) is 15.3 Å². The van der Waals surface area contributed by atoms with E-state index in [4.69, 9.17) is 16.3 Å². The highest BCUT2D eigenvalue weighted by Gasteiger charge is 2.19. The number of aromatic nitrogens is 1. The first-order valence-corrected chi connectivity index (χ1v) is 11.4. The molecule has 1 heterocycles. The van der Waals surface area contributed by atoms with Crippen molar-refractivity contribution in [2.24, 2.45) is 5.10 Å². The molecule has 0 fully saturated rings. The molecule has 2 amide bonds. The highest BCUT2D eigenvalue weighted by molar-refractivity contribution is 6.31. The van der Waals surface area contributed by atoms with Gasteiger partial charge in [-0.1, -0.05) is 48.0 Å². The number of ether oxygens (including phenoxy) is 1. The van der Waals surface area contributed by atoms with E-state index in [0.717, 1.165) is 33.8 Å². The molecule has 3 rings (SSSR count). The van der Waals surface area contributed by atoms with Crippen LogP contribution in [0.4, 0.5) is 4.79 Å². The van der Waals surface area contributed by atoms with Crippen LogP contribution >= 0.6 is 11.6 Å². The monoisotopic (exact) mass is 480 g/mol. The molecule has 1 aromatic heterocycles. The number of nitrogens with one attached hydrogen (secondary N) is 2. The Morgan fingerprint density at radius 2 is 1.85 bits per heavy atom. The van der Waals surface area contributed by atoms with Crippen molar-refractivity contribution in [1.29, 1.82) is 0 Å². The van der Waals surface area contributed by atoms with Gasteiger partial charge in [0.15, 0.2) is 0 Å². The van der Waals surface area contributed by atoms with Crippen molar-refractivity contribution in [3.05, 3.63) is 87.7 Å². The van der Waals surface area contributed by atoms with Crippen LogP contribution in [0.5, 0.6) is 0 Å². The predicted octanol–water partition coefficient (Wildman–Crippen LogP) is 5.38. The Hall–Kier alpha value is -3.58. The van der Waals surface area contributed by atoms with E-state index in [1.54, 1.807) is 13.1 Å². The molecule has 0 spiro atoms. The summed E-state index contributed by atoms with van der Waals surface area (Å²) in [5, 5.41) is 7.57. The number of aryl methyl sites for hydroxylation is 2. The Balaban J connectivity index is 1.70. The molecule has 2 N–H and O–H groups in total. The number of benzene rings is 2. The number of hydrazone groups is 1. The van der Waals surface area contributed by atoms with Gasteiger partial charge in [-0.25, -0.2) is 10.2 Å². The van der Waals surface area contributed by atoms with Gasteiger partial charge in [0.1, 0.15) is 0 Å². The van der Waals surface area contributed by atoms with E-state index in [9.17, 15) is 9.59 Å². The third kappa shape index (κ3) is 6.26. The standard InChI is InChI=1S/C26H29ClN4O3/c1-5-34-26(33)29-24(20-9-7-6-8-10-20)15-25(32)30-28-16-21-13-18(3)31(19(21)4)22-12-11-17(2)23(27)14-22/h6-14,16,24H,5,15H2,1-4H3,(H,29,33)(H,30,32)/b28-16-/t24-/m1/s1. The zero-order chi connectivity index (χ0) is 24.7. The zero-order valence-corrected chi connectivity index (χ0v) is 20.5. The number of rotatable bonds is 8. The number of halogens is 1. The van der Waals surface area contributed by atoms with Crippen LogP contribution in [0.3, 0.4) is 0 Å². The first-order valence-electron chi connectivity index (χ1n) is 11.1. The lowest BCUT2D eigenvalue weighted by Crippen LogP contribution is -2.33. The van der Waals surface area contributed by atoms with E-state index >= 15 is 0 Å². The maximum absolute atomic E-state index is 12.6. The second-order valence-electron chi connectivity index (χ2n) is 7.92. The van der Waals surface area contributed by atoms with E-state index in [1.807, 2.05) is 75.4 Å². The van der Waals surface area contributed by atoms with E-state index < -0.39 is 12.1 Å². The molecule has 0 aliphatic rings. The van der Waals surface area contributed by atoms with Gasteiger partial charge >= 0.3 is 6.09 Å². The van der Waals surface area contributed by atoms with Crippen LogP contribution in [0.2, 0.25) is 5.02 Å². The lowest BCUT2D eigenvalue weighted by Gasteiger charge is -2.18. The SMILES string of the molecule is CCOC(=O)N[C@H](CC(=O)N/N=C\c1cc(C)n(-c2ccc(C)c(Cl)c2)c1C)c1ccccc1. The minimum absolute atomic E-state index is 0.0149. The van der Waals surface area contributed by atoms with Gasteiger partial charge in [-0.3, -0.25) is 4.79 Å². The molecule has 0 bridgehead atoms. The first-order chi connectivity index (χ1) is 16.3. The largest absolute Gasteiger partial charge is 0.450 e. The summed E-state index contributed by atoms with van der Waals surface area (Å²) in [6.07, 6.45) is 1.06. The number of hydrogen-bond acceptors (Lipinski definition) is 4. The second kappa shape index (κ2) is 11.5. The van der Waals surface area contributed by atoms with Crippen LogP contribution < -0.4 is 10.7 Å². The Labute approximate surface area is 204 Å². The number of nitrogens with zero attached hydrogens (tertiary/aromatic N) is 2. The van der Waals surface area contributed by atoms with Gasteiger partial charge < -0.3 is 14.6 Å². The Morgan fingerprint density at radius 3 is 2.53 bits per heavy atom. The van der Waals surface area contributed by atoms with Crippen molar-refractivity contribution in [3.8, 4) is 5.69 Å². The molecular formula is C26H29ClN4O3. The maximum Gasteiger partial charge on any atom is 0.407 e. The van der Waals surface area contributed by atoms with Crippen molar-refractivity contribution in [2.45, 2.75) is 40.2 Å². The molecule has 7 nitrogen and oxygen atoms in total. The van der Waals surface area contributed by atoms with Crippen molar-refractivity contribution in [3.63, 3.8) is 0 Å². The quantitative estimate of drug-likeness (QED) is 0.335. The molecule has 0 aliphatic carbocycles. The van der Waals surface area contributed by atoms with Gasteiger partial charge in [0.25, 0.3) is 0 Å². The van der Waals surface area contributed by atoms with Crippen molar-refractivity contribution < 1.29 is 14.3 Å². The first kappa shape index (κ1) is 25.1. The molecule has 0 aliphatic heterocycles. The minimum atomic E-state index is -0.573. The van der Waals surface area contributed by atoms with Crippen LogP contribution in [-0.2, 0) is 9.53 Å². The summed E-state index contributed by atoms with van der Waals surface area (Å²) in [5.74, 6) is -0.332. The van der Waals surface area contributed by atoms with Crippen LogP contribution in [0.15, 0.2) is 59.7 Å². The Kier molecular flexibility index (Phi) is 8.49. The summed E-state index contributed by atoms with van der Waals surface area (Å²) in [6, 6.07) is 16.7. The smallest absolute Gasteiger partial charge is 0.407 e. The van der Waals surface area contributed by atoms with E-state index in [-0.39, 0.29) is 18.9 Å².